The van der Waals surface area contributed by atoms with Gasteiger partial charge in [-0.05, 0) is 17.7 Å². The van der Waals surface area contributed by atoms with Crippen molar-refractivity contribution >= 4 is 17.6 Å². The summed E-state index contributed by atoms with van der Waals surface area (Å²) in [6.07, 6.45) is 2.62. The molecule has 0 atom stereocenters. The molecule has 0 saturated heterocycles. The van der Waals surface area contributed by atoms with Gasteiger partial charge < -0.3 is 20.5 Å². The van der Waals surface area contributed by atoms with Gasteiger partial charge in [0.25, 0.3) is 5.91 Å². The molecule has 0 aromatic heterocycles. The van der Waals surface area contributed by atoms with E-state index in [0.29, 0.717) is 24.5 Å². The van der Waals surface area contributed by atoms with Crippen molar-refractivity contribution in [1.29, 1.82) is 0 Å². The normalized spacial score (nSPS) is 13.8. The van der Waals surface area contributed by atoms with Gasteiger partial charge in [0.15, 0.2) is 6.61 Å². The van der Waals surface area contributed by atoms with E-state index in [0.717, 1.165) is 11.6 Å². The highest BCUT2D eigenvalue weighted by Crippen LogP contribution is 2.28. The number of ether oxygens (including phenoxy) is 1. The summed E-state index contributed by atoms with van der Waals surface area (Å²) in [7, 11) is 0. The largest absolute Gasteiger partial charge is 0.482 e. The second-order valence-corrected chi connectivity index (χ2v) is 4.04. The van der Waals surface area contributed by atoms with Crippen LogP contribution in [0.1, 0.15) is 5.56 Å². The van der Waals surface area contributed by atoms with E-state index in [1.165, 1.54) is 6.08 Å². The van der Waals surface area contributed by atoms with Crippen molar-refractivity contribution in [1.82, 2.24) is 5.32 Å². The summed E-state index contributed by atoms with van der Waals surface area (Å²) in [5.74, 6) is -0.466. The number of aliphatic carboxylic acids is 1. The number of nitrogens with one attached hydrogen (secondary N) is 2. The zero-order valence-corrected chi connectivity index (χ0v) is 10.2. The Kier molecular flexibility index (Phi) is 4.15. The predicted octanol–water partition coefficient (Wildman–Crippen LogP) is 0.748. The maximum atomic E-state index is 11.2. The molecule has 0 saturated carbocycles. The van der Waals surface area contributed by atoms with Crippen LogP contribution in [0.4, 0.5) is 5.69 Å². The van der Waals surface area contributed by atoms with Crippen LogP contribution in [0.5, 0.6) is 5.75 Å². The van der Waals surface area contributed by atoms with Gasteiger partial charge in [-0.1, -0.05) is 12.1 Å². The zero-order chi connectivity index (χ0) is 13.7. The van der Waals surface area contributed by atoms with Gasteiger partial charge in [0, 0.05) is 19.2 Å². The summed E-state index contributed by atoms with van der Waals surface area (Å²) in [5.41, 5.74) is 1.64. The predicted molar refractivity (Wildman–Crippen MR) is 69.0 cm³/mol. The van der Waals surface area contributed by atoms with Crippen molar-refractivity contribution in [3.8, 4) is 5.75 Å². The lowest BCUT2D eigenvalue weighted by atomic mass is 10.1. The highest BCUT2D eigenvalue weighted by atomic mass is 16.5. The second kappa shape index (κ2) is 6.01. The quantitative estimate of drug-likeness (QED) is 0.538. The van der Waals surface area contributed by atoms with Crippen molar-refractivity contribution in [2.45, 2.75) is 6.54 Å². The molecule has 1 heterocycles. The fourth-order valence-corrected chi connectivity index (χ4v) is 1.70. The molecule has 1 aliphatic heterocycles. The Balaban J connectivity index is 1.89. The number of hydrogen-bond acceptors (Lipinski definition) is 4. The summed E-state index contributed by atoms with van der Waals surface area (Å²) in [6.45, 7) is 1.09. The molecule has 0 fully saturated rings. The van der Waals surface area contributed by atoms with E-state index in [2.05, 4.69) is 10.6 Å². The molecular formula is C13H14N2O4. The van der Waals surface area contributed by atoms with E-state index in [4.69, 9.17) is 9.84 Å². The van der Waals surface area contributed by atoms with Crippen LogP contribution in [0, 0.1) is 0 Å². The Hall–Kier alpha value is -2.34. The fraction of sp³-hybridized carbons (Fsp3) is 0.231. The molecule has 1 aromatic carbocycles. The average Bonchev–Trinajstić information content (AvgIpc) is 2.37. The first-order valence-corrected chi connectivity index (χ1v) is 5.81. The topological polar surface area (TPSA) is 87.7 Å². The van der Waals surface area contributed by atoms with Crippen LogP contribution in [0.15, 0.2) is 30.4 Å². The first-order chi connectivity index (χ1) is 9.15. The van der Waals surface area contributed by atoms with Crippen LogP contribution in [0.25, 0.3) is 0 Å². The van der Waals surface area contributed by atoms with Crippen LogP contribution in [-0.2, 0) is 16.1 Å². The summed E-state index contributed by atoms with van der Waals surface area (Å²) in [4.78, 5) is 21.4. The third kappa shape index (κ3) is 3.82. The first kappa shape index (κ1) is 13.1. The van der Waals surface area contributed by atoms with Crippen LogP contribution >= 0.6 is 0 Å². The number of carboxylic acid groups (broad SMARTS) is 1. The van der Waals surface area contributed by atoms with Gasteiger partial charge in [-0.25, -0.2) is 4.79 Å². The van der Waals surface area contributed by atoms with E-state index in [1.807, 2.05) is 12.1 Å². The molecule has 1 amide bonds. The number of benzene rings is 1. The number of fused-ring (bicyclic) bond motifs is 1. The molecule has 0 radical (unpaired) electrons. The van der Waals surface area contributed by atoms with Gasteiger partial charge in [-0.2, -0.15) is 0 Å². The summed E-state index contributed by atoms with van der Waals surface area (Å²) in [5, 5.41) is 14.2. The molecule has 0 aliphatic carbocycles. The third-order valence-corrected chi connectivity index (χ3v) is 2.53. The number of hydrogen-bond donors (Lipinski definition) is 3. The van der Waals surface area contributed by atoms with Crippen molar-refractivity contribution in [3.05, 3.63) is 35.9 Å². The fourth-order valence-electron chi connectivity index (χ4n) is 1.70. The number of carboxylic acids is 1. The van der Waals surface area contributed by atoms with Gasteiger partial charge in [0.05, 0.1) is 5.69 Å². The van der Waals surface area contributed by atoms with Gasteiger partial charge in [-0.15, -0.1) is 0 Å². The monoisotopic (exact) mass is 262 g/mol. The number of anilines is 1. The number of amides is 1. The van der Waals surface area contributed by atoms with Crippen LogP contribution in [-0.4, -0.2) is 30.1 Å². The molecular weight excluding hydrogens is 248 g/mol. The SMILES string of the molecule is O=C(O)/C=C/CNCc1ccc2c(c1)NC(=O)CO2. The molecule has 19 heavy (non-hydrogen) atoms. The van der Waals surface area contributed by atoms with E-state index in [9.17, 15) is 9.59 Å². The standard InChI is InChI=1S/C13H14N2O4/c16-12-8-19-11-4-3-9(6-10(11)15-12)7-14-5-1-2-13(17)18/h1-4,6,14H,5,7-8H2,(H,15,16)(H,17,18)/b2-1+. The van der Waals surface area contributed by atoms with E-state index in [1.54, 1.807) is 6.07 Å². The molecule has 1 aliphatic rings. The maximum Gasteiger partial charge on any atom is 0.328 e. The van der Waals surface area contributed by atoms with Gasteiger partial charge in [-0.3, -0.25) is 4.79 Å². The summed E-state index contributed by atoms with van der Waals surface area (Å²) >= 11 is 0. The first-order valence-electron chi connectivity index (χ1n) is 5.81. The minimum absolute atomic E-state index is 0.0462. The van der Waals surface area contributed by atoms with Gasteiger partial charge in [0.2, 0.25) is 0 Å². The Labute approximate surface area is 110 Å². The smallest absolute Gasteiger partial charge is 0.328 e. The third-order valence-electron chi connectivity index (χ3n) is 2.53. The molecule has 2 rings (SSSR count). The minimum Gasteiger partial charge on any atom is -0.482 e. The Morgan fingerprint density at radius 2 is 2.37 bits per heavy atom. The Morgan fingerprint density at radius 1 is 1.53 bits per heavy atom. The maximum absolute atomic E-state index is 11.2. The van der Waals surface area contributed by atoms with Crippen molar-refractivity contribution < 1.29 is 19.4 Å². The highest BCUT2D eigenvalue weighted by molar-refractivity contribution is 5.95. The minimum atomic E-state index is -0.963. The molecule has 0 spiro atoms. The molecule has 1 aromatic rings. The van der Waals surface area contributed by atoms with Gasteiger partial charge in [0.1, 0.15) is 5.75 Å². The van der Waals surface area contributed by atoms with Gasteiger partial charge >= 0.3 is 5.97 Å². The van der Waals surface area contributed by atoms with Crippen molar-refractivity contribution in [2.24, 2.45) is 0 Å². The number of carbonyl (C=O) groups excluding carboxylic acids is 1. The van der Waals surface area contributed by atoms with Crippen LogP contribution in [0.3, 0.4) is 0 Å². The Bertz CT molecular complexity index is 525. The lowest BCUT2D eigenvalue weighted by Gasteiger charge is -2.18. The van der Waals surface area contributed by atoms with E-state index in [-0.39, 0.29) is 12.5 Å². The van der Waals surface area contributed by atoms with E-state index < -0.39 is 5.97 Å². The lowest BCUT2D eigenvalue weighted by molar-refractivity contribution is -0.131. The zero-order valence-electron chi connectivity index (χ0n) is 10.2. The number of rotatable bonds is 5. The highest BCUT2D eigenvalue weighted by Gasteiger charge is 2.15. The molecule has 3 N–H and O–H groups in total. The molecule has 6 nitrogen and oxygen atoms in total. The van der Waals surface area contributed by atoms with Crippen molar-refractivity contribution in [2.75, 3.05) is 18.5 Å². The lowest BCUT2D eigenvalue weighted by Crippen LogP contribution is -2.25. The second-order valence-electron chi connectivity index (χ2n) is 4.04. The molecule has 6 heteroatoms. The van der Waals surface area contributed by atoms with Crippen LogP contribution < -0.4 is 15.4 Å². The average molecular weight is 262 g/mol. The Morgan fingerprint density at radius 3 is 3.16 bits per heavy atom. The molecule has 100 valence electrons. The summed E-state index contributed by atoms with van der Waals surface area (Å²) in [6, 6.07) is 5.53. The summed E-state index contributed by atoms with van der Waals surface area (Å²) < 4.78 is 5.25. The molecule has 0 bridgehead atoms. The van der Waals surface area contributed by atoms with Crippen LogP contribution in [0.2, 0.25) is 0 Å². The number of carbonyl (C=O) groups is 2. The van der Waals surface area contributed by atoms with E-state index >= 15 is 0 Å². The molecule has 0 unspecified atom stereocenters. The van der Waals surface area contributed by atoms with Crippen molar-refractivity contribution in [3.63, 3.8) is 0 Å².